The molecule has 4 heterocycles. The van der Waals surface area contributed by atoms with E-state index in [-0.39, 0.29) is 10.9 Å². The quantitative estimate of drug-likeness (QED) is 0.681. The Balaban J connectivity index is 1.59. The second-order valence-electron chi connectivity index (χ2n) is 7.19. The van der Waals surface area contributed by atoms with Gasteiger partial charge in [0.05, 0.1) is 23.6 Å². The lowest BCUT2D eigenvalue weighted by Gasteiger charge is -2.23. The number of anilines is 2. The molecule has 1 N–H and O–H groups in total. The van der Waals surface area contributed by atoms with E-state index in [4.69, 9.17) is 4.52 Å². The number of rotatable bonds is 5. The molecule has 1 saturated heterocycles. The smallest absolute Gasteiger partial charge is 0.249 e. The van der Waals surface area contributed by atoms with Crippen LogP contribution in [-0.2, 0) is 10.0 Å². The van der Waals surface area contributed by atoms with Crippen LogP contribution in [0.3, 0.4) is 0 Å². The lowest BCUT2D eigenvalue weighted by molar-refractivity contribution is 0.381. The number of aryl methyl sites for hydroxylation is 3. The molecule has 1 atom stereocenters. The fraction of sp³-hybridized carbons (Fsp3) is 0.350. The first kappa shape index (κ1) is 19.5. The normalized spacial score (nSPS) is 17.6. The van der Waals surface area contributed by atoms with E-state index < -0.39 is 10.0 Å². The van der Waals surface area contributed by atoms with Crippen molar-refractivity contribution in [3.8, 4) is 0 Å². The van der Waals surface area contributed by atoms with Crippen molar-refractivity contribution < 1.29 is 12.9 Å². The van der Waals surface area contributed by atoms with E-state index in [1.165, 1.54) is 4.31 Å². The van der Waals surface area contributed by atoms with Crippen LogP contribution >= 0.6 is 0 Å². The van der Waals surface area contributed by atoms with Gasteiger partial charge in [0.1, 0.15) is 16.4 Å². The molecule has 0 spiro atoms. The standard InChI is InChI=1S/C20H23N5O3S/c1-13-6-4-10-21-20(13)23-16-8-9-17(22-12-16)18-7-5-11-25(18)29(26,27)19-14(2)24-28-15(19)3/h4,6,8-10,12,18H,5,7,11H2,1-3H3,(H,21,23)/t18-/m1/s1. The Hall–Kier alpha value is -2.78. The summed E-state index contributed by atoms with van der Waals surface area (Å²) in [7, 11) is -3.71. The minimum Gasteiger partial charge on any atom is -0.360 e. The largest absolute Gasteiger partial charge is 0.360 e. The van der Waals surface area contributed by atoms with Crippen molar-refractivity contribution in [3.05, 3.63) is 59.4 Å². The van der Waals surface area contributed by atoms with Crippen LogP contribution in [0.5, 0.6) is 0 Å². The molecule has 4 rings (SSSR count). The SMILES string of the molecule is Cc1cccnc1Nc1ccc([C@H]2CCCN2S(=O)(=O)c2c(C)noc2C)nc1. The van der Waals surface area contributed by atoms with Crippen molar-refractivity contribution in [1.29, 1.82) is 0 Å². The summed E-state index contributed by atoms with van der Waals surface area (Å²) in [5, 5.41) is 7.04. The van der Waals surface area contributed by atoms with Gasteiger partial charge in [-0.3, -0.25) is 4.98 Å². The second-order valence-corrected chi connectivity index (χ2v) is 9.02. The fourth-order valence-corrected chi connectivity index (χ4v) is 5.68. The minimum absolute atomic E-state index is 0.160. The predicted molar refractivity (Wildman–Crippen MR) is 108 cm³/mol. The third kappa shape index (κ3) is 3.63. The van der Waals surface area contributed by atoms with Crippen LogP contribution in [0.1, 0.15) is 41.6 Å². The van der Waals surface area contributed by atoms with Crippen molar-refractivity contribution in [2.24, 2.45) is 0 Å². The Morgan fingerprint density at radius 1 is 1.17 bits per heavy atom. The lowest BCUT2D eigenvalue weighted by atomic mass is 10.1. The highest BCUT2D eigenvalue weighted by Gasteiger charge is 2.39. The maximum atomic E-state index is 13.2. The molecular formula is C20H23N5O3S. The van der Waals surface area contributed by atoms with E-state index >= 15 is 0 Å². The monoisotopic (exact) mass is 413 g/mol. The Bertz CT molecular complexity index is 1110. The molecule has 1 aliphatic heterocycles. The van der Waals surface area contributed by atoms with E-state index in [9.17, 15) is 8.42 Å². The first-order valence-corrected chi connectivity index (χ1v) is 10.9. The van der Waals surface area contributed by atoms with Gasteiger partial charge in [0.2, 0.25) is 10.0 Å². The van der Waals surface area contributed by atoms with Crippen LogP contribution in [-0.4, -0.2) is 34.4 Å². The third-order valence-corrected chi connectivity index (χ3v) is 7.29. The highest BCUT2D eigenvalue weighted by atomic mass is 32.2. The summed E-state index contributed by atoms with van der Waals surface area (Å²) in [6.07, 6.45) is 4.94. The molecule has 1 aliphatic rings. The number of pyridine rings is 2. The highest BCUT2D eigenvalue weighted by Crippen LogP contribution is 2.37. The maximum absolute atomic E-state index is 13.2. The fourth-order valence-electron chi connectivity index (χ4n) is 3.71. The molecule has 0 unspecified atom stereocenters. The van der Waals surface area contributed by atoms with E-state index in [2.05, 4.69) is 20.4 Å². The molecule has 0 saturated carbocycles. The summed E-state index contributed by atoms with van der Waals surface area (Å²) in [4.78, 5) is 9.02. The molecular weight excluding hydrogens is 390 g/mol. The third-order valence-electron chi connectivity index (χ3n) is 5.14. The van der Waals surface area contributed by atoms with Crippen LogP contribution in [0.4, 0.5) is 11.5 Å². The van der Waals surface area contributed by atoms with Crippen molar-refractivity contribution in [2.45, 2.75) is 44.6 Å². The molecule has 0 amide bonds. The summed E-state index contributed by atoms with van der Waals surface area (Å²) in [6.45, 7) is 5.70. The van der Waals surface area contributed by atoms with Gasteiger partial charge >= 0.3 is 0 Å². The van der Waals surface area contributed by atoms with Gasteiger partial charge in [-0.1, -0.05) is 11.2 Å². The van der Waals surface area contributed by atoms with E-state index in [1.54, 1.807) is 26.2 Å². The van der Waals surface area contributed by atoms with E-state index in [0.717, 1.165) is 35.6 Å². The molecule has 3 aromatic rings. The van der Waals surface area contributed by atoms with Gasteiger partial charge in [-0.25, -0.2) is 13.4 Å². The van der Waals surface area contributed by atoms with Crippen molar-refractivity contribution in [1.82, 2.24) is 19.4 Å². The molecule has 152 valence electrons. The van der Waals surface area contributed by atoms with Crippen molar-refractivity contribution in [2.75, 3.05) is 11.9 Å². The molecule has 9 heteroatoms. The van der Waals surface area contributed by atoms with Gasteiger partial charge in [0.25, 0.3) is 0 Å². The summed E-state index contributed by atoms with van der Waals surface area (Å²) in [5.41, 5.74) is 2.94. The second kappa shape index (κ2) is 7.57. The number of aromatic nitrogens is 3. The molecule has 0 bridgehead atoms. The summed E-state index contributed by atoms with van der Waals surface area (Å²) in [5.74, 6) is 1.08. The van der Waals surface area contributed by atoms with Gasteiger partial charge in [-0.15, -0.1) is 0 Å². The van der Waals surface area contributed by atoms with E-state index in [0.29, 0.717) is 18.0 Å². The Labute approximate surface area is 170 Å². The molecule has 8 nitrogen and oxygen atoms in total. The van der Waals surface area contributed by atoms with Gasteiger partial charge in [-0.05, 0) is 57.4 Å². The number of sulfonamides is 1. The summed E-state index contributed by atoms with van der Waals surface area (Å²) >= 11 is 0. The van der Waals surface area contributed by atoms with Gasteiger partial charge in [-0.2, -0.15) is 4.31 Å². The van der Waals surface area contributed by atoms with Crippen LogP contribution in [0.25, 0.3) is 0 Å². The molecule has 1 fully saturated rings. The first-order valence-electron chi connectivity index (χ1n) is 9.47. The van der Waals surface area contributed by atoms with Crippen molar-refractivity contribution in [3.63, 3.8) is 0 Å². The zero-order chi connectivity index (χ0) is 20.6. The molecule has 0 aromatic carbocycles. The first-order chi connectivity index (χ1) is 13.9. The van der Waals surface area contributed by atoms with Crippen LogP contribution in [0.2, 0.25) is 0 Å². The zero-order valence-electron chi connectivity index (χ0n) is 16.6. The summed E-state index contributed by atoms with van der Waals surface area (Å²) < 4.78 is 33.1. The Morgan fingerprint density at radius 2 is 2.00 bits per heavy atom. The van der Waals surface area contributed by atoms with Crippen molar-refractivity contribution >= 4 is 21.5 Å². The number of hydrogen-bond acceptors (Lipinski definition) is 7. The number of nitrogens with zero attached hydrogens (tertiary/aromatic N) is 4. The number of hydrogen-bond donors (Lipinski definition) is 1. The predicted octanol–water partition coefficient (Wildman–Crippen LogP) is 3.66. The number of nitrogens with one attached hydrogen (secondary N) is 1. The average molecular weight is 414 g/mol. The highest BCUT2D eigenvalue weighted by molar-refractivity contribution is 7.89. The average Bonchev–Trinajstić information content (AvgIpc) is 3.32. The van der Waals surface area contributed by atoms with Gasteiger partial charge < -0.3 is 9.84 Å². The summed E-state index contributed by atoms with van der Waals surface area (Å²) in [6, 6.07) is 7.32. The van der Waals surface area contributed by atoms with Crippen LogP contribution < -0.4 is 5.32 Å². The molecule has 29 heavy (non-hydrogen) atoms. The lowest BCUT2D eigenvalue weighted by Crippen LogP contribution is -2.31. The molecule has 0 aliphatic carbocycles. The van der Waals surface area contributed by atoms with Crippen LogP contribution in [0, 0.1) is 20.8 Å². The topological polar surface area (TPSA) is 101 Å². The molecule has 3 aromatic heterocycles. The van der Waals surface area contributed by atoms with Gasteiger partial charge in [0, 0.05) is 12.7 Å². The molecule has 0 radical (unpaired) electrons. The van der Waals surface area contributed by atoms with E-state index in [1.807, 2.05) is 31.2 Å². The Kier molecular flexibility index (Phi) is 5.10. The maximum Gasteiger partial charge on any atom is 0.249 e. The Morgan fingerprint density at radius 3 is 2.66 bits per heavy atom. The zero-order valence-corrected chi connectivity index (χ0v) is 17.4. The minimum atomic E-state index is -3.71. The van der Waals surface area contributed by atoms with Crippen LogP contribution in [0.15, 0.2) is 46.1 Å². The van der Waals surface area contributed by atoms with Gasteiger partial charge in [0.15, 0.2) is 5.76 Å².